The summed E-state index contributed by atoms with van der Waals surface area (Å²) >= 11 is 5.91. The van der Waals surface area contributed by atoms with E-state index < -0.39 is 0 Å². The second-order valence-electron chi connectivity index (χ2n) is 4.15. The maximum Gasteiger partial charge on any atom is 0.257 e. The number of nitrogens with two attached hydrogens (primary N) is 2. The van der Waals surface area contributed by atoms with E-state index >= 15 is 0 Å². The second-order valence-corrected chi connectivity index (χ2v) is 4.58. The third-order valence-corrected chi connectivity index (χ3v) is 2.97. The predicted molar refractivity (Wildman–Crippen MR) is 81.2 cm³/mol. The zero-order valence-electron chi connectivity index (χ0n) is 10.8. The Kier molecular flexibility index (Phi) is 4.00. The quantitative estimate of drug-likeness (QED) is 0.758. The molecule has 2 rings (SSSR count). The number of halogens is 1. The number of benzene rings is 2. The number of ether oxygens (including phenoxy) is 1. The van der Waals surface area contributed by atoms with Gasteiger partial charge in [0.1, 0.15) is 5.75 Å². The molecule has 0 atom stereocenters. The Labute approximate surface area is 121 Å². The number of carbonyl (C=O) groups excluding carboxylic acids is 1. The van der Waals surface area contributed by atoms with Crippen molar-refractivity contribution in [1.82, 2.24) is 0 Å². The van der Waals surface area contributed by atoms with Crippen molar-refractivity contribution < 1.29 is 9.53 Å². The first-order valence-corrected chi connectivity index (χ1v) is 6.19. The highest BCUT2D eigenvalue weighted by molar-refractivity contribution is 6.31. The van der Waals surface area contributed by atoms with Crippen LogP contribution in [0.1, 0.15) is 10.4 Å². The summed E-state index contributed by atoms with van der Waals surface area (Å²) in [5.74, 6) is 0.153. The predicted octanol–water partition coefficient (Wildman–Crippen LogP) is 2.77. The molecule has 6 heteroatoms. The van der Waals surface area contributed by atoms with E-state index in [2.05, 4.69) is 5.32 Å². The van der Waals surface area contributed by atoms with Gasteiger partial charge in [0.05, 0.1) is 18.4 Å². The number of nitrogens with one attached hydrogen (secondary N) is 1. The molecule has 0 heterocycles. The smallest absolute Gasteiger partial charge is 0.257 e. The van der Waals surface area contributed by atoms with Crippen LogP contribution in [0.2, 0.25) is 5.02 Å². The van der Waals surface area contributed by atoms with Gasteiger partial charge in [-0.05, 0) is 36.4 Å². The monoisotopic (exact) mass is 291 g/mol. The van der Waals surface area contributed by atoms with Crippen molar-refractivity contribution in [2.24, 2.45) is 0 Å². The fourth-order valence-corrected chi connectivity index (χ4v) is 1.93. The molecule has 20 heavy (non-hydrogen) atoms. The van der Waals surface area contributed by atoms with Gasteiger partial charge in [-0.2, -0.15) is 0 Å². The van der Waals surface area contributed by atoms with Gasteiger partial charge >= 0.3 is 0 Å². The third-order valence-electron chi connectivity index (χ3n) is 2.73. The molecule has 1 amide bonds. The second kappa shape index (κ2) is 5.71. The van der Waals surface area contributed by atoms with E-state index in [1.54, 1.807) is 30.3 Å². The van der Waals surface area contributed by atoms with E-state index in [4.69, 9.17) is 27.8 Å². The number of anilines is 3. The molecule has 0 aromatic heterocycles. The van der Waals surface area contributed by atoms with Gasteiger partial charge in [-0.1, -0.05) is 11.6 Å². The lowest BCUT2D eigenvalue weighted by atomic mass is 10.1. The van der Waals surface area contributed by atoms with Gasteiger partial charge in [0, 0.05) is 16.4 Å². The van der Waals surface area contributed by atoms with Crippen molar-refractivity contribution in [3.63, 3.8) is 0 Å². The molecule has 0 aliphatic heterocycles. The van der Waals surface area contributed by atoms with Crippen molar-refractivity contribution in [3.05, 3.63) is 47.0 Å². The minimum Gasteiger partial charge on any atom is -0.495 e. The Morgan fingerprint density at radius 1 is 1.20 bits per heavy atom. The molecule has 104 valence electrons. The summed E-state index contributed by atoms with van der Waals surface area (Å²) in [6.07, 6.45) is 0. The maximum absolute atomic E-state index is 12.2. The molecule has 0 radical (unpaired) electrons. The Morgan fingerprint density at radius 2 is 1.95 bits per heavy atom. The summed E-state index contributed by atoms with van der Waals surface area (Å²) in [6, 6.07) is 9.66. The summed E-state index contributed by atoms with van der Waals surface area (Å²) in [4.78, 5) is 12.2. The molecule has 5 N–H and O–H groups in total. The minimum absolute atomic E-state index is 0.309. The largest absolute Gasteiger partial charge is 0.495 e. The number of hydrogen-bond donors (Lipinski definition) is 3. The van der Waals surface area contributed by atoms with Crippen LogP contribution in [0.5, 0.6) is 5.75 Å². The van der Waals surface area contributed by atoms with Crippen LogP contribution in [0.15, 0.2) is 36.4 Å². The van der Waals surface area contributed by atoms with Gasteiger partial charge in [0.25, 0.3) is 5.91 Å². The molecule has 0 saturated carbocycles. The zero-order valence-corrected chi connectivity index (χ0v) is 11.6. The fourth-order valence-electron chi connectivity index (χ4n) is 1.76. The number of rotatable bonds is 3. The van der Waals surface area contributed by atoms with Gasteiger partial charge in [-0.3, -0.25) is 4.79 Å². The minimum atomic E-state index is -0.358. The topological polar surface area (TPSA) is 90.4 Å². The van der Waals surface area contributed by atoms with E-state index in [0.29, 0.717) is 33.4 Å². The number of carbonyl (C=O) groups is 1. The molecule has 0 spiro atoms. The standard InChI is InChI=1S/C14H14ClN3O2/c1-20-13-5-2-8(15)6-12(13)18-14(19)10-4-3-9(16)7-11(10)17/h2-7H,16-17H2,1H3,(H,18,19). The van der Waals surface area contributed by atoms with Gasteiger partial charge < -0.3 is 21.5 Å². The first kappa shape index (κ1) is 14.0. The lowest BCUT2D eigenvalue weighted by Crippen LogP contribution is -2.14. The van der Waals surface area contributed by atoms with Crippen LogP contribution in [-0.2, 0) is 0 Å². The third kappa shape index (κ3) is 2.95. The molecule has 0 fully saturated rings. The van der Waals surface area contributed by atoms with Crippen LogP contribution in [0.4, 0.5) is 17.1 Å². The van der Waals surface area contributed by atoms with Crippen LogP contribution >= 0.6 is 11.6 Å². The van der Waals surface area contributed by atoms with Crippen molar-refractivity contribution >= 4 is 34.6 Å². The highest BCUT2D eigenvalue weighted by Crippen LogP contribution is 2.28. The Morgan fingerprint density at radius 3 is 2.60 bits per heavy atom. The van der Waals surface area contributed by atoms with Crippen molar-refractivity contribution in [3.8, 4) is 5.75 Å². The van der Waals surface area contributed by atoms with Crippen LogP contribution in [0, 0.1) is 0 Å². The number of hydrogen-bond acceptors (Lipinski definition) is 4. The summed E-state index contributed by atoms with van der Waals surface area (Å²) in [7, 11) is 1.51. The average molecular weight is 292 g/mol. The van der Waals surface area contributed by atoms with Crippen molar-refractivity contribution in [2.75, 3.05) is 23.9 Å². The van der Waals surface area contributed by atoms with E-state index in [-0.39, 0.29) is 5.91 Å². The molecule has 0 aliphatic rings. The highest BCUT2D eigenvalue weighted by atomic mass is 35.5. The molecule has 2 aromatic carbocycles. The van der Waals surface area contributed by atoms with Crippen LogP contribution in [-0.4, -0.2) is 13.0 Å². The maximum atomic E-state index is 12.2. The Hall–Kier alpha value is -2.40. The molecule has 5 nitrogen and oxygen atoms in total. The molecule has 0 bridgehead atoms. The fraction of sp³-hybridized carbons (Fsp3) is 0.0714. The van der Waals surface area contributed by atoms with E-state index in [0.717, 1.165) is 0 Å². The van der Waals surface area contributed by atoms with Crippen molar-refractivity contribution in [1.29, 1.82) is 0 Å². The van der Waals surface area contributed by atoms with Gasteiger partial charge in [-0.25, -0.2) is 0 Å². The van der Waals surface area contributed by atoms with E-state index in [9.17, 15) is 4.79 Å². The first-order chi connectivity index (χ1) is 9.51. The summed E-state index contributed by atoms with van der Waals surface area (Å²) in [5.41, 5.74) is 13.0. The van der Waals surface area contributed by atoms with Gasteiger partial charge in [-0.15, -0.1) is 0 Å². The zero-order chi connectivity index (χ0) is 14.7. The van der Waals surface area contributed by atoms with Crippen LogP contribution < -0.4 is 21.5 Å². The lowest BCUT2D eigenvalue weighted by molar-refractivity contribution is 0.102. The summed E-state index contributed by atoms with van der Waals surface area (Å²) in [5, 5.41) is 3.20. The molecule has 0 aliphatic carbocycles. The molecule has 2 aromatic rings. The lowest BCUT2D eigenvalue weighted by Gasteiger charge is -2.11. The molecule has 0 saturated heterocycles. The van der Waals surface area contributed by atoms with E-state index in [1.165, 1.54) is 13.2 Å². The molecular formula is C14H14ClN3O2. The number of methoxy groups -OCH3 is 1. The van der Waals surface area contributed by atoms with Crippen LogP contribution in [0.25, 0.3) is 0 Å². The van der Waals surface area contributed by atoms with Crippen LogP contribution in [0.3, 0.4) is 0 Å². The molecule has 0 unspecified atom stereocenters. The summed E-state index contributed by atoms with van der Waals surface area (Å²) < 4.78 is 5.16. The first-order valence-electron chi connectivity index (χ1n) is 5.81. The highest BCUT2D eigenvalue weighted by Gasteiger charge is 2.13. The number of amides is 1. The van der Waals surface area contributed by atoms with Gasteiger partial charge in [0.15, 0.2) is 0 Å². The van der Waals surface area contributed by atoms with Gasteiger partial charge in [0.2, 0.25) is 0 Å². The Bertz CT molecular complexity index is 659. The Balaban J connectivity index is 2.30. The summed E-state index contributed by atoms with van der Waals surface area (Å²) in [6.45, 7) is 0. The normalized spacial score (nSPS) is 10.1. The average Bonchev–Trinajstić information content (AvgIpc) is 2.38. The SMILES string of the molecule is COc1ccc(Cl)cc1NC(=O)c1ccc(N)cc1N. The molecular weight excluding hydrogens is 278 g/mol. The van der Waals surface area contributed by atoms with Crippen molar-refractivity contribution in [2.45, 2.75) is 0 Å². The van der Waals surface area contributed by atoms with E-state index in [1.807, 2.05) is 0 Å². The number of nitrogen functional groups attached to an aromatic ring is 2.